The molecule has 0 fully saturated rings. The Morgan fingerprint density at radius 3 is 2.52 bits per heavy atom. The molecule has 21 heavy (non-hydrogen) atoms. The molecule has 2 aromatic heterocycles. The van der Waals surface area contributed by atoms with E-state index in [1.807, 2.05) is 12.1 Å². The van der Waals surface area contributed by atoms with Gasteiger partial charge in [0.15, 0.2) is 0 Å². The van der Waals surface area contributed by atoms with Gasteiger partial charge in [0.25, 0.3) is 5.91 Å². The first-order chi connectivity index (χ1) is 10.1. The predicted molar refractivity (Wildman–Crippen MR) is 76.2 cm³/mol. The number of aryl methyl sites for hydroxylation is 1. The molecule has 0 aliphatic rings. The van der Waals surface area contributed by atoms with Crippen LogP contribution in [0.4, 0.5) is 0 Å². The van der Waals surface area contributed by atoms with Crippen molar-refractivity contribution >= 4 is 11.9 Å². The highest BCUT2D eigenvalue weighted by atomic mass is 16.4. The molecule has 0 aromatic carbocycles. The second kappa shape index (κ2) is 6.60. The van der Waals surface area contributed by atoms with Crippen LogP contribution in [0.3, 0.4) is 0 Å². The zero-order valence-corrected chi connectivity index (χ0v) is 11.5. The SMILES string of the molecule is Cc1nc(C(=O)NCCc2ccncc2)ccc1C(=O)O. The van der Waals surface area contributed by atoms with Gasteiger partial charge in [0.05, 0.1) is 11.3 Å². The molecule has 6 nitrogen and oxygen atoms in total. The third-order valence-electron chi connectivity index (χ3n) is 3.00. The molecule has 0 bridgehead atoms. The lowest BCUT2D eigenvalue weighted by Gasteiger charge is -2.06. The lowest BCUT2D eigenvalue weighted by atomic mass is 10.1. The van der Waals surface area contributed by atoms with Gasteiger partial charge in [-0.1, -0.05) is 0 Å². The van der Waals surface area contributed by atoms with Crippen LogP contribution in [0, 0.1) is 6.92 Å². The number of carbonyl (C=O) groups excluding carboxylic acids is 1. The van der Waals surface area contributed by atoms with Gasteiger partial charge in [-0.2, -0.15) is 0 Å². The first-order valence-electron chi connectivity index (χ1n) is 6.46. The van der Waals surface area contributed by atoms with Crippen LogP contribution in [0.25, 0.3) is 0 Å². The van der Waals surface area contributed by atoms with E-state index in [9.17, 15) is 9.59 Å². The second-order valence-electron chi connectivity index (χ2n) is 4.50. The van der Waals surface area contributed by atoms with Crippen LogP contribution >= 0.6 is 0 Å². The fourth-order valence-electron chi connectivity index (χ4n) is 1.87. The van der Waals surface area contributed by atoms with E-state index in [2.05, 4.69) is 15.3 Å². The molecule has 2 heterocycles. The zero-order valence-electron chi connectivity index (χ0n) is 11.5. The topological polar surface area (TPSA) is 92.2 Å². The Kier molecular flexibility index (Phi) is 4.61. The standard InChI is InChI=1S/C15H15N3O3/c1-10-12(15(20)21)2-3-13(18-10)14(19)17-9-6-11-4-7-16-8-5-11/h2-5,7-8H,6,9H2,1H3,(H,17,19)(H,20,21). The highest BCUT2D eigenvalue weighted by Gasteiger charge is 2.12. The minimum absolute atomic E-state index is 0.100. The number of carboxylic acids is 1. The smallest absolute Gasteiger partial charge is 0.337 e. The molecule has 0 spiro atoms. The van der Waals surface area contributed by atoms with Crippen LogP contribution in [0.15, 0.2) is 36.7 Å². The average Bonchev–Trinajstić information content (AvgIpc) is 2.47. The van der Waals surface area contributed by atoms with Gasteiger partial charge in [-0.25, -0.2) is 9.78 Å². The number of aromatic carboxylic acids is 1. The van der Waals surface area contributed by atoms with Crippen LogP contribution in [0.2, 0.25) is 0 Å². The Hall–Kier alpha value is -2.76. The highest BCUT2D eigenvalue weighted by molar-refractivity contribution is 5.94. The molecule has 0 radical (unpaired) electrons. The number of rotatable bonds is 5. The van der Waals surface area contributed by atoms with Gasteiger partial charge in [-0.15, -0.1) is 0 Å². The number of amides is 1. The third-order valence-corrected chi connectivity index (χ3v) is 3.00. The zero-order chi connectivity index (χ0) is 15.2. The van der Waals surface area contributed by atoms with Crippen molar-refractivity contribution in [2.45, 2.75) is 13.3 Å². The molecule has 0 aliphatic heterocycles. The largest absolute Gasteiger partial charge is 0.478 e. The van der Waals surface area contributed by atoms with Gasteiger partial charge in [0.2, 0.25) is 0 Å². The summed E-state index contributed by atoms with van der Waals surface area (Å²) in [6.45, 7) is 2.04. The Morgan fingerprint density at radius 2 is 1.90 bits per heavy atom. The minimum Gasteiger partial charge on any atom is -0.478 e. The van der Waals surface area contributed by atoms with E-state index >= 15 is 0 Å². The number of hydrogen-bond donors (Lipinski definition) is 2. The number of aromatic nitrogens is 2. The van der Waals surface area contributed by atoms with Gasteiger partial charge in [0, 0.05) is 18.9 Å². The summed E-state index contributed by atoms with van der Waals surface area (Å²) in [5, 5.41) is 11.7. The summed E-state index contributed by atoms with van der Waals surface area (Å²) in [5.41, 5.74) is 1.72. The molecule has 108 valence electrons. The number of pyridine rings is 2. The summed E-state index contributed by atoms with van der Waals surface area (Å²) in [4.78, 5) is 30.8. The van der Waals surface area contributed by atoms with Crippen molar-refractivity contribution in [2.75, 3.05) is 6.54 Å². The van der Waals surface area contributed by atoms with E-state index in [0.29, 0.717) is 18.7 Å². The Balaban J connectivity index is 1.94. The molecule has 6 heteroatoms. The fourth-order valence-corrected chi connectivity index (χ4v) is 1.87. The molecule has 2 rings (SSSR count). The van der Waals surface area contributed by atoms with Crippen molar-refractivity contribution in [3.8, 4) is 0 Å². The lowest BCUT2D eigenvalue weighted by Crippen LogP contribution is -2.27. The number of carboxylic acid groups (broad SMARTS) is 1. The Morgan fingerprint density at radius 1 is 1.19 bits per heavy atom. The third kappa shape index (κ3) is 3.85. The molecular weight excluding hydrogens is 270 g/mol. The Labute approximate surface area is 121 Å². The average molecular weight is 285 g/mol. The molecule has 2 aromatic rings. The van der Waals surface area contributed by atoms with Crippen LogP contribution in [0.1, 0.15) is 32.1 Å². The monoisotopic (exact) mass is 285 g/mol. The lowest BCUT2D eigenvalue weighted by molar-refractivity contribution is 0.0694. The van der Waals surface area contributed by atoms with Crippen LogP contribution < -0.4 is 5.32 Å². The van der Waals surface area contributed by atoms with E-state index in [0.717, 1.165) is 5.56 Å². The van der Waals surface area contributed by atoms with Crippen molar-refractivity contribution in [3.05, 3.63) is 59.2 Å². The second-order valence-corrected chi connectivity index (χ2v) is 4.50. The summed E-state index contributed by atoms with van der Waals surface area (Å²) in [6, 6.07) is 6.58. The maximum atomic E-state index is 11.9. The molecular formula is C15H15N3O3. The van der Waals surface area contributed by atoms with Crippen molar-refractivity contribution in [3.63, 3.8) is 0 Å². The van der Waals surface area contributed by atoms with Gasteiger partial charge in [-0.3, -0.25) is 9.78 Å². The minimum atomic E-state index is -1.05. The van der Waals surface area contributed by atoms with Crippen molar-refractivity contribution < 1.29 is 14.7 Å². The van der Waals surface area contributed by atoms with Gasteiger partial charge >= 0.3 is 5.97 Å². The van der Waals surface area contributed by atoms with Crippen LogP contribution in [-0.4, -0.2) is 33.5 Å². The molecule has 0 atom stereocenters. The van der Waals surface area contributed by atoms with Crippen LogP contribution in [0.5, 0.6) is 0 Å². The summed E-state index contributed by atoms with van der Waals surface area (Å²) in [6.07, 6.45) is 4.10. The van der Waals surface area contributed by atoms with Gasteiger partial charge < -0.3 is 10.4 Å². The van der Waals surface area contributed by atoms with E-state index in [-0.39, 0.29) is 17.2 Å². The highest BCUT2D eigenvalue weighted by Crippen LogP contribution is 2.07. The molecule has 0 saturated heterocycles. The van der Waals surface area contributed by atoms with Crippen molar-refractivity contribution in [1.82, 2.24) is 15.3 Å². The molecule has 2 N–H and O–H groups in total. The van der Waals surface area contributed by atoms with Crippen LogP contribution in [-0.2, 0) is 6.42 Å². The number of nitrogens with one attached hydrogen (secondary N) is 1. The first kappa shape index (κ1) is 14.6. The molecule has 1 amide bonds. The van der Waals surface area contributed by atoms with E-state index < -0.39 is 5.97 Å². The van der Waals surface area contributed by atoms with E-state index in [1.165, 1.54) is 12.1 Å². The van der Waals surface area contributed by atoms with E-state index in [1.54, 1.807) is 19.3 Å². The molecule has 0 saturated carbocycles. The predicted octanol–water partition coefficient (Wildman–Crippen LogP) is 1.46. The summed E-state index contributed by atoms with van der Waals surface area (Å²) >= 11 is 0. The number of carbonyl (C=O) groups is 2. The quantitative estimate of drug-likeness (QED) is 0.867. The molecule has 0 unspecified atom stereocenters. The van der Waals surface area contributed by atoms with Crippen molar-refractivity contribution in [1.29, 1.82) is 0 Å². The number of nitrogens with zero attached hydrogens (tertiary/aromatic N) is 2. The summed E-state index contributed by atoms with van der Waals surface area (Å²) < 4.78 is 0. The first-order valence-corrected chi connectivity index (χ1v) is 6.46. The summed E-state index contributed by atoms with van der Waals surface area (Å²) in [7, 11) is 0. The maximum absolute atomic E-state index is 11.9. The summed E-state index contributed by atoms with van der Waals surface area (Å²) in [5.74, 6) is -1.37. The molecule has 0 aliphatic carbocycles. The van der Waals surface area contributed by atoms with Gasteiger partial charge in [0.1, 0.15) is 5.69 Å². The normalized spacial score (nSPS) is 10.1. The van der Waals surface area contributed by atoms with E-state index in [4.69, 9.17) is 5.11 Å². The number of hydrogen-bond acceptors (Lipinski definition) is 4. The fraction of sp³-hybridized carbons (Fsp3) is 0.200. The van der Waals surface area contributed by atoms with Crippen molar-refractivity contribution in [2.24, 2.45) is 0 Å². The van der Waals surface area contributed by atoms with Gasteiger partial charge in [-0.05, 0) is 43.2 Å². The Bertz CT molecular complexity index is 656. The maximum Gasteiger partial charge on any atom is 0.337 e.